The first-order chi connectivity index (χ1) is 25.6. The van der Waals surface area contributed by atoms with Crippen LogP contribution in [0.5, 0.6) is 0 Å². The SMILES string of the molecule is C=C/C=C\C=C(/C)c1cc(-c2cc(-c3ccccc3)nc(-c3ccccc3)c2)cc(-c2cccc3c2sc2c(-c4ccc(C#N)cc4)cccc23)c1. The summed E-state index contributed by atoms with van der Waals surface area (Å²) in [7, 11) is 0. The summed E-state index contributed by atoms with van der Waals surface area (Å²) in [5.74, 6) is 0. The molecular formula is C49H34N2S. The minimum absolute atomic E-state index is 0.663. The summed E-state index contributed by atoms with van der Waals surface area (Å²) in [6, 6.07) is 55.5. The fourth-order valence-electron chi connectivity index (χ4n) is 6.76. The van der Waals surface area contributed by atoms with Gasteiger partial charge in [-0.1, -0.05) is 140 Å². The number of allylic oxidation sites excluding steroid dienone is 5. The van der Waals surface area contributed by atoms with Gasteiger partial charge in [0.25, 0.3) is 0 Å². The topological polar surface area (TPSA) is 36.7 Å². The first kappa shape index (κ1) is 32.6. The molecule has 2 aromatic heterocycles. The third-order valence-corrected chi connectivity index (χ3v) is 10.7. The van der Waals surface area contributed by atoms with Crippen LogP contribution in [0.1, 0.15) is 18.1 Å². The standard InChI is InChI=1S/C49H34N2S/c1-3-4-7-14-33(2)38-27-39(40-30-46(36-15-8-5-9-16-36)51-47(31-40)37-17-10-6-11-18-37)29-41(28-38)43-20-13-22-45-44-21-12-19-42(48(44)52-49(43)45)35-25-23-34(32-50)24-26-35/h3-31H,1H2,2H3/b7-4-,33-14+. The first-order valence-electron chi connectivity index (χ1n) is 17.3. The van der Waals surface area contributed by atoms with Gasteiger partial charge in [-0.3, -0.25) is 0 Å². The van der Waals surface area contributed by atoms with Crippen LogP contribution in [0, 0.1) is 11.3 Å². The molecule has 0 N–H and O–H groups in total. The second kappa shape index (κ2) is 14.3. The van der Waals surface area contributed by atoms with E-state index in [2.05, 4.69) is 141 Å². The van der Waals surface area contributed by atoms with Crippen LogP contribution in [-0.4, -0.2) is 4.98 Å². The zero-order valence-electron chi connectivity index (χ0n) is 28.8. The van der Waals surface area contributed by atoms with Crippen LogP contribution in [-0.2, 0) is 0 Å². The molecule has 0 atom stereocenters. The lowest BCUT2D eigenvalue weighted by Gasteiger charge is -2.14. The van der Waals surface area contributed by atoms with Crippen LogP contribution in [0.15, 0.2) is 183 Å². The maximum atomic E-state index is 9.37. The fraction of sp³-hybridized carbons (Fsp3) is 0.0204. The van der Waals surface area contributed by atoms with Gasteiger partial charge < -0.3 is 0 Å². The number of hydrogen-bond acceptors (Lipinski definition) is 3. The van der Waals surface area contributed by atoms with Gasteiger partial charge in [0, 0.05) is 31.3 Å². The number of nitriles is 1. The van der Waals surface area contributed by atoms with Crippen LogP contribution in [0.3, 0.4) is 0 Å². The number of hydrogen-bond donors (Lipinski definition) is 0. The Hall–Kier alpha value is -6.60. The second-order valence-electron chi connectivity index (χ2n) is 12.8. The van der Waals surface area contributed by atoms with Crippen molar-refractivity contribution in [1.82, 2.24) is 4.98 Å². The lowest BCUT2D eigenvalue weighted by molar-refractivity contribution is 1.32. The minimum atomic E-state index is 0.663. The van der Waals surface area contributed by atoms with Gasteiger partial charge in [0.1, 0.15) is 0 Å². The summed E-state index contributed by atoms with van der Waals surface area (Å²) in [4.78, 5) is 5.15. The summed E-state index contributed by atoms with van der Waals surface area (Å²) in [5.41, 5.74) is 13.9. The number of fused-ring (bicyclic) bond motifs is 3. The molecule has 8 rings (SSSR count). The highest BCUT2D eigenvalue weighted by atomic mass is 32.1. The molecule has 0 saturated carbocycles. The van der Waals surface area contributed by atoms with Gasteiger partial charge >= 0.3 is 0 Å². The van der Waals surface area contributed by atoms with Gasteiger partial charge in [0.15, 0.2) is 0 Å². The number of rotatable bonds is 8. The van der Waals surface area contributed by atoms with Crippen LogP contribution in [0.2, 0.25) is 0 Å². The number of pyridine rings is 1. The Balaban J connectivity index is 1.35. The molecule has 0 spiro atoms. The van der Waals surface area contributed by atoms with Crippen molar-refractivity contribution in [2.24, 2.45) is 0 Å². The zero-order chi connectivity index (χ0) is 35.4. The predicted molar refractivity (Wildman–Crippen MR) is 222 cm³/mol. The van der Waals surface area contributed by atoms with E-state index in [4.69, 9.17) is 4.98 Å². The molecule has 0 aliphatic rings. The van der Waals surface area contributed by atoms with Crippen LogP contribution in [0.25, 0.3) is 81.6 Å². The highest BCUT2D eigenvalue weighted by Crippen LogP contribution is 2.45. The third-order valence-electron chi connectivity index (χ3n) is 9.44. The fourth-order valence-corrected chi connectivity index (χ4v) is 8.13. The minimum Gasteiger partial charge on any atom is -0.248 e. The lowest BCUT2D eigenvalue weighted by atomic mass is 9.92. The molecule has 6 aromatic carbocycles. The second-order valence-corrected chi connectivity index (χ2v) is 13.8. The largest absolute Gasteiger partial charge is 0.248 e. The summed E-state index contributed by atoms with van der Waals surface area (Å²) in [6.07, 6.45) is 7.94. The molecule has 0 aliphatic heterocycles. The van der Waals surface area contributed by atoms with Crippen molar-refractivity contribution in [3.8, 4) is 62.0 Å². The van der Waals surface area contributed by atoms with Crippen molar-refractivity contribution in [3.63, 3.8) is 0 Å². The quantitative estimate of drug-likeness (QED) is 0.150. The van der Waals surface area contributed by atoms with E-state index < -0.39 is 0 Å². The molecule has 0 aliphatic carbocycles. The molecular weight excluding hydrogens is 649 g/mol. The van der Waals surface area contributed by atoms with E-state index in [9.17, 15) is 5.26 Å². The summed E-state index contributed by atoms with van der Waals surface area (Å²) in [6.45, 7) is 6.01. The van der Waals surface area contributed by atoms with Crippen molar-refractivity contribution in [1.29, 1.82) is 5.26 Å². The molecule has 0 saturated heterocycles. The summed E-state index contributed by atoms with van der Waals surface area (Å²) < 4.78 is 2.49. The summed E-state index contributed by atoms with van der Waals surface area (Å²) in [5, 5.41) is 11.8. The van der Waals surface area contributed by atoms with Crippen molar-refractivity contribution >= 4 is 37.1 Å². The van der Waals surface area contributed by atoms with Crippen molar-refractivity contribution in [2.75, 3.05) is 0 Å². The predicted octanol–water partition coefficient (Wildman–Crippen LogP) is 13.8. The van der Waals surface area contributed by atoms with Crippen molar-refractivity contribution in [3.05, 3.63) is 194 Å². The average Bonchev–Trinajstić information content (AvgIpc) is 3.60. The number of thiophene rings is 1. The third kappa shape index (κ3) is 6.40. The van der Waals surface area contributed by atoms with E-state index in [0.717, 1.165) is 55.9 Å². The normalized spacial score (nSPS) is 11.7. The Morgan fingerprint density at radius 1 is 0.577 bits per heavy atom. The molecule has 2 nitrogen and oxygen atoms in total. The molecule has 0 radical (unpaired) electrons. The van der Waals surface area contributed by atoms with E-state index in [1.807, 2.05) is 59.9 Å². The smallest absolute Gasteiger partial charge is 0.0991 e. The van der Waals surface area contributed by atoms with E-state index in [0.29, 0.717) is 5.56 Å². The lowest BCUT2D eigenvalue weighted by Crippen LogP contribution is -1.93. The Bertz CT molecular complexity index is 2630. The Labute approximate surface area is 308 Å². The molecule has 52 heavy (non-hydrogen) atoms. The van der Waals surface area contributed by atoms with Gasteiger partial charge in [-0.25, -0.2) is 4.98 Å². The Morgan fingerprint density at radius 2 is 1.13 bits per heavy atom. The van der Waals surface area contributed by atoms with Gasteiger partial charge in [-0.2, -0.15) is 5.26 Å². The molecule has 2 heterocycles. The number of benzene rings is 6. The molecule has 0 fully saturated rings. The van der Waals surface area contributed by atoms with Crippen LogP contribution in [0.4, 0.5) is 0 Å². The highest BCUT2D eigenvalue weighted by molar-refractivity contribution is 7.26. The number of aromatic nitrogens is 1. The molecule has 0 amide bonds. The zero-order valence-corrected chi connectivity index (χ0v) is 29.6. The van der Waals surface area contributed by atoms with E-state index >= 15 is 0 Å². The monoisotopic (exact) mass is 682 g/mol. The van der Waals surface area contributed by atoms with Crippen molar-refractivity contribution in [2.45, 2.75) is 6.92 Å². The van der Waals surface area contributed by atoms with Crippen LogP contribution >= 0.6 is 11.3 Å². The molecule has 246 valence electrons. The van der Waals surface area contributed by atoms with E-state index in [1.165, 1.54) is 31.3 Å². The maximum Gasteiger partial charge on any atom is 0.0991 e. The van der Waals surface area contributed by atoms with Gasteiger partial charge in [-0.15, -0.1) is 11.3 Å². The molecule has 0 bridgehead atoms. The average molecular weight is 683 g/mol. The van der Waals surface area contributed by atoms with E-state index in [-0.39, 0.29) is 0 Å². The highest BCUT2D eigenvalue weighted by Gasteiger charge is 2.17. The number of nitrogens with zero attached hydrogens (tertiary/aromatic N) is 2. The van der Waals surface area contributed by atoms with E-state index in [1.54, 1.807) is 6.08 Å². The van der Waals surface area contributed by atoms with Gasteiger partial charge in [-0.05, 0) is 93.9 Å². The first-order valence-corrected chi connectivity index (χ1v) is 18.1. The maximum absolute atomic E-state index is 9.37. The Morgan fingerprint density at radius 3 is 1.71 bits per heavy atom. The van der Waals surface area contributed by atoms with Crippen molar-refractivity contribution < 1.29 is 0 Å². The van der Waals surface area contributed by atoms with Gasteiger partial charge in [0.2, 0.25) is 0 Å². The Kier molecular flexibility index (Phi) is 8.98. The van der Waals surface area contributed by atoms with Gasteiger partial charge in [0.05, 0.1) is 23.0 Å². The molecule has 8 aromatic rings. The molecule has 3 heteroatoms. The van der Waals surface area contributed by atoms with Crippen LogP contribution < -0.4 is 0 Å². The molecule has 0 unspecified atom stereocenters. The summed E-state index contributed by atoms with van der Waals surface area (Å²) >= 11 is 1.83.